The van der Waals surface area contributed by atoms with E-state index in [1.54, 1.807) is 43.4 Å². The summed E-state index contributed by atoms with van der Waals surface area (Å²) in [5, 5.41) is 8.75. The first kappa shape index (κ1) is 16.7. The minimum Gasteiger partial charge on any atom is -0.326 e. The van der Waals surface area contributed by atoms with Crippen LogP contribution in [0.25, 0.3) is 10.8 Å². The fourth-order valence-electron chi connectivity index (χ4n) is 2.44. The molecule has 0 saturated carbocycles. The Morgan fingerprint density at radius 1 is 1.25 bits per heavy atom. The van der Waals surface area contributed by atoms with Crippen LogP contribution in [0.5, 0.6) is 0 Å². The highest BCUT2D eigenvalue weighted by molar-refractivity contribution is 9.10. The molecule has 122 valence electrons. The maximum atomic E-state index is 12.3. The Kier molecular flexibility index (Phi) is 4.69. The van der Waals surface area contributed by atoms with E-state index in [4.69, 9.17) is 11.6 Å². The average molecular weight is 407 g/mol. The molecule has 1 heterocycles. The molecule has 0 fully saturated rings. The number of fused-ring (bicyclic) bond motifs is 1. The van der Waals surface area contributed by atoms with Crippen molar-refractivity contribution in [2.75, 3.05) is 5.32 Å². The average Bonchev–Trinajstić information content (AvgIpc) is 2.56. The van der Waals surface area contributed by atoms with E-state index in [9.17, 15) is 9.59 Å². The van der Waals surface area contributed by atoms with E-state index in [2.05, 4.69) is 26.3 Å². The second-order valence-corrected chi connectivity index (χ2v) is 6.54. The molecule has 0 aliphatic carbocycles. The number of rotatable bonds is 3. The summed E-state index contributed by atoms with van der Waals surface area (Å²) < 4.78 is 2.01. The predicted octanol–water partition coefficient (Wildman–Crippen LogP) is 3.53. The molecule has 0 atom stereocenters. The zero-order valence-electron chi connectivity index (χ0n) is 12.7. The van der Waals surface area contributed by atoms with Crippen LogP contribution in [0, 0.1) is 0 Å². The molecule has 0 spiro atoms. The van der Waals surface area contributed by atoms with Gasteiger partial charge in [0.2, 0.25) is 5.91 Å². The number of aromatic nitrogens is 2. The van der Waals surface area contributed by atoms with Crippen LogP contribution in [0.2, 0.25) is 5.02 Å². The molecule has 7 heteroatoms. The molecule has 24 heavy (non-hydrogen) atoms. The van der Waals surface area contributed by atoms with Gasteiger partial charge in [-0.25, -0.2) is 4.68 Å². The summed E-state index contributed by atoms with van der Waals surface area (Å²) in [4.78, 5) is 24.4. The van der Waals surface area contributed by atoms with Gasteiger partial charge in [0.05, 0.1) is 22.5 Å². The Labute approximate surface area is 151 Å². The maximum Gasteiger partial charge on any atom is 0.274 e. The molecule has 0 aliphatic rings. The number of anilines is 1. The smallest absolute Gasteiger partial charge is 0.274 e. The van der Waals surface area contributed by atoms with Crippen molar-refractivity contribution in [3.63, 3.8) is 0 Å². The van der Waals surface area contributed by atoms with Crippen LogP contribution >= 0.6 is 27.5 Å². The lowest BCUT2D eigenvalue weighted by molar-refractivity contribution is -0.115. The molecule has 0 radical (unpaired) electrons. The van der Waals surface area contributed by atoms with Crippen LogP contribution in [0.4, 0.5) is 5.69 Å². The van der Waals surface area contributed by atoms with Crippen LogP contribution in [-0.4, -0.2) is 15.7 Å². The second-order valence-electron chi connectivity index (χ2n) is 5.27. The summed E-state index contributed by atoms with van der Waals surface area (Å²) in [7, 11) is 1.57. The number of hydrogen-bond donors (Lipinski definition) is 1. The summed E-state index contributed by atoms with van der Waals surface area (Å²) >= 11 is 9.33. The van der Waals surface area contributed by atoms with E-state index in [1.165, 1.54) is 4.68 Å². The molecule has 1 amide bonds. The number of aryl methyl sites for hydroxylation is 1. The molecule has 0 aliphatic heterocycles. The summed E-state index contributed by atoms with van der Waals surface area (Å²) in [6.07, 6.45) is 0.0579. The first-order valence-electron chi connectivity index (χ1n) is 7.15. The van der Waals surface area contributed by atoms with Crippen molar-refractivity contribution in [1.82, 2.24) is 9.78 Å². The Balaban J connectivity index is 1.89. The van der Waals surface area contributed by atoms with Crippen LogP contribution < -0.4 is 10.9 Å². The molecule has 0 unspecified atom stereocenters. The monoisotopic (exact) mass is 405 g/mol. The quantitative estimate of drug-likeness (QED) is 0.724. The third kappa shape index (κ3) is 3.34. The number of hydrogen-bond acceptors (Lipinski definition) is 3. The van der Waals surface area contributed by atoms with Crippen molar-refractivity contribution in [2.45, 2.75) is 6.42 Å². The van der Waals surface area contributed by atoms with Gasteiger partial charge < -0.3 is 5.32 Å². The van der Waals surface area contributed by atoms with E-state index in [1.807, 2.05) is 6.07 Å². The second kappa shape index (κ2) is 6.75. The maximum absolute atomic E-state index is 12.3. The van der Waals surface area contributed by atoms with Crippen molar-refractivity contribution < 1.29 is 4.79 Å². The van der Waals surface area contributed by atoms with Crippen molar-refractivity contribution in [3.8, 4) is 0 Å². The first-order valence-corrected chi connectivity index (χ1v) is 8.32. The molecule has 3 rings (SSSR count). The number of nitrogens with one attached hydrogen (secondary N) is 1. The summed E-state index contributed by atoms with van der Waals surface area (Å²) in [6, 6.07) is 12.3. The Bertz CT molecular complexity index is 1000. The van der Waals surface area contributed by atoms with Gasteiger partial charge in [-0.1, -0.05) is 29.8 Å². The Hall–Kier alpha value is -2.18. The number of carbonyl (C=O) groups excluding carboxylic acids is 1. The van der Waals surface area contributed by atoms with Gasteiger partial charge in [-0.15, -0.1) is 0 Å². The summed E-state index contributed by atoms with van der Waals surface area (Å²) in [6.45, 7) is 0. The minimum atomic E-state index is -0.232. The zero-order chi connectivity index (χ0) is 17.3. The molecular formula is C17H13BrClN3O2. The lowest BCUT2D eigenvalue weighted by Crippen LogP contribution is -2.24. The predicted molar refractivity (Wildman–Crippen MR) is 98.5 cm³/mol. The normalized spacial score (nSPS) is 10.8. The number of amides is 1. The molecule has 1 aromatic heterocycles. The number of benzene rings is 2. The van der Waals surface area contributed by atoms with E-state index in [0.717, 1.165) is 4.47 Å². The minimum absolute atomic E-state index is 0.0579. The molecule has 1 N–H and O–H groups in total. The van der Waals surface area contributed by atoms with Gasteiger partial charge in [-0.2, -0.15) is 5.10 Å². The highest BCUT2D eigenvalue weighted by atomic mass is 79.9. The van der Waals surface area contributed by atoms with Crippen LogP contribution in [0.3, 0.4) is 0 Å². The zero-order valence-corrected chi connectivity index (χ0v) is 15.1. The van der Waals surface area contributed by atoms with E-state index in [-0.39, 0.29) is 17.9 Å². The van der Waals surface area contributed by atoms with Crippen molar-refractivity contribution in [3.05, 3.63) is 68.0 Å². The highest BCUT2D eigenvalue weighted by Crippen LogP contribution is 2.25. The lowest BCUT2D eigenvalue weighted by atomic mass is 10.1. The third-order valence-corrected chi connectivity index (χ3v) is 4.80. The number of halogens is 2. The topological polar surface area (TPSA) is 64.0 Å². The SMILES string of the molecule is Cn1nc(CC(=O)Nc2ccc(Br)c(Cl)c2)c2ccccc2c1=O. The summed E-state index contributed by atoms with van der Waals surface area (Å²) in [5.41, 5.74) is 0.963. The third-order valence-electron chi connectivity index (χ3n) is 3.56. The fraction of sp³-hybridized carbons (Fsp3) is 0.118. The van der Waals surface area contributed by atoms with E-state index >= 15 is 0 Å². The van der Waals surface area contributed by atoms with E-state index in [0.29, 0.717) is 27.2 Å². The fourth-order valence-corrected chi connectivity index (χ4v) is 2.86. The van der Waals surface area contributed by atoms with Crippen molar-refractivity contribution in [2.24, 2.45) is 7.05 Å². The molecule has 0 bridgehead atoms. The van der Waals surface area contributed by atoms with Crippen LogP contribution in [0.15, 0.2) is 51.7 Å². The molecule has 5 nitrogen and oxygen atoms in total. The number of nitrogens with zero attached hydrogens (tertiary/aromatic N) is 2. The van der Waals surface area contributed by atoms with Gasteiger partial charge in [0.1, 0.15) is 0 Å². The molecule has 3 aromatic rings. The van der Waals surface area contributed by atoms with Crippen molar-refractivity contribution >= 4 is 49.9 Å². The Morgan fingerprint density at radius 3 is 2.67 bits per heavy atom. The highest BCUT2D eigenvalue weighted by Gasteiger charge is 2.12. The van der Waals surface area contributed by atoms with Crippen molar-refractivity contribution in [1.29, 1.82) is 0 Å². The van der Waals surface area contributed by atoms with Gasteiger partial charge in [0.15, 0.2) is 0 Å². The van der Waals surface area contributed by atoms with Crippen LogP contribution in [-0.2, 0) is 18.3 Å². The number of carbonyl (C=O) groups is 1. The molecule has 0 saturated heterocycles. The molecule has 2 aromatic carbocycles. The van der Waals surface area contributed by atoms with E-state index < -0.39 is 0 Å². The molecular weight excluding hydrogens is 394 g/mol. The standard InChI is InChI=1S/C17H13BrClN3O2/c1-22-17(24)12-5-3-2-4-11(12)15(21-22)9-16(23)20-10-6-7-13(18)14(19)8-10/h2-8H,9H2,1H3,(H,20,23). The van der Waals surface area contributed by atoms with Gasteiger partial charge in [-0.05, 0) is 40.2 Å². The first-order chi connectivity index (χ1) is 11.5. The largest absolute Gasteiger partial charge is 0.326 e. The van der Waals surface area contributed by atoms with Crippen LogP contribution in [0.1, 0.15) is 5.69 Å². The Morgan fingerprint density at radius 2 is 1.96 bits per heavy atom. The summed E-state index contributed by atoms with van der Waals surface area (Å²) in [5.74, 6) is -0.232. The van der Waals surface area contributed by atoms with Gasteiger partial charge in [0.25, 0.3) is 5.56 Å². The van der Waals surface area contributed by atoms with Gasteiger partial charge >= 0.3 is 0 Å². The van der Waals surface area contributed by atoms with Gasteiger partial charge in [-0.3, -0.25) is 9.59 Å². The lowest BCUT2D eigenvalue weighted by Gasteiger charge is -2.09. The van der Waals surface area contributed by atoms with Gasteiger partial charge in [0, 0.05) is 22.6 Å².